The van der Waals surface area contributed by atoms with E-state index in [0.717, 1.165) is 41.2 Å². The van der Waals surface area contributed by atoms with Gasteiger partial charge in [-0.15, -0.1) is 11.3 Å². The molecule has 0 saturated carbocycles. The van der Waals surface area contributed by atoms with Gasteiger partial charge in [0.25, 0.3) is 0 Å². The Hall–Kier alpha value is -1.93. The van der Waals surface area contributed by atoms with Crippen molar-refractivity contribution in [2.45, 2.75) is 32.7 Å². The highest BCUT2D eigenvalue weighted by molar-refractivity contribution is 7.80. The monoisotopic (exact) mass is 364 g/mol. The number of methoxy groups -OCH3 is 1. The summed E-state index contributed by atoms with van der Waals surface area (Å²) >= 11 is 6.95. The average Bonchev–Trinajstić information content (AvgIpc) is 3.20. The molecule has 2 N–H and O–H groups in total. The zero-order valence-corrected chi connectivity index (χ0v) is 15.6. The van der Waals surface area contributed by atoms with Crippen LogP contribution in [0, 0.1) is 6.92 Å². The maximum Gasteiger partial charge on any atom is 0.341 e. The van der Waals surface area contributed by atoms with Gasteiger partial charge in [-0.25, -0.2) is 4.79 Å². The minimum atomic E-state index is -0.306. The molecule has 0 radical (unpaired) electrons. The van der Waals surface area contributed by atoms with E-state index in [1.54, 1.807) is 11.3 Å². The van der Waals surface area contributed by atoms with Crippen molar-refractivity contribution >= 4 is 39.6 Å². The lowest BCUT2D eigenvalue weighted by atomic mass is 10.1. The van der Waals surface area contributed by atoms with Crippen LogP contribution in [0.3, 0.4) is 0 Å². The number of esters is 1. The summed E-state index contributed by atoms with van der Waals surface area (Å²) in [5.41, 5.74) is 3.75. The Balaban J connectivity index is 1.69. The van der Waals surface area contributed by atoms with Crippen molar-refractivity contribution in [3.63, 3.8) is 0 Å². The number of thiocarbonyl (C=S) groups is 1. The van der Waals surface area contributed by atoms with Crippen molar-refractivity contribution in [1.29, 1.82) is 0 Å². The van der Waals surface area contributed by atoms with Crippen molar-refractivity contribution < 1.29 is 9.53 Å². The van der Waals surface area contributed by atoms with Gasteiger partial charge in [-0.2, -0.15) is 5.10 Å². The number of rotatable bonds is 4. The zero-order chi connectivity index (χ0) is 17.3. The normalized spacial score (nSPS) is 12.8. The van der Waals surface area contributed by atoms with E-state index >= 15 is 0 Å². The van der Waals surface area contributed by atoms with E-state index in [4.69, 9.17) is 17.0 Å². The van der Waals surface area contributed by atoms with Crippen LogP contribution in [-0.4, -0.2) is 28.0 Å². The maximum absolute atomic E-state index is 12.1. The molecule has 0 spiro atoms. The molecular formula is C16H20N4O2S2. The summed E-state index contributed by atoms with van der Waals surface area (Å²) in [6.45, 7) is 2.54. The number of hydrogen-bond acceptors (Lipinski definition) is 5. The minimum absolute atomic E-state index is 0.306. The molecule has 8 heteroatoms. The quantitative estimate of drug-likeness (QED) is 0.642. The molecule has 1 aliphatic rings. The number of fused-ring (bicyclic) bond motifs is 1. The van der Waals surface area contributed by atoms with Crippen LogP contribution in [-0.2, 0) is 31.2 Å². The van der Waals surface area contributed by atoms with Gasteiger partial charge in [0, 0.05) is 17.6 Å². The summed E-state index contributed by atoms with van der Waals surface area (Å²) in [6, 6.07) is 2.01. The molecule has 2 aromatic rings. The highest BCUT2D eigenvalue weighted by Crippen LogP contribution is 2.39. The van der Waals surface area contributed by atoms with E-state index in [9.17, 15) is 4.79 Å². The third-order valence-electron chi connectivity index (χ3n) is 4.13. The summed E-state index contributed by atoms with van der Waals surface area (Å²) in [5, 5.41) is 11.9. The summed E-state index contributed by atoms with van der Waals surface area (Å²) in [5.74, 6) is -0.306. The van der Waals surface area contributed by atoms with Gasteiger partial charge < -0.3 is 15.4 Å². The van der Waals surface area contributed by atoms with Crippen LogP contribution in [0.2, 0.25) is 0 Å². The lowest BCUT2D eigenvalue weighted by Crippen LogP contribution is -2.28. The Labute approximate surface area is 150 Å². The molecule has 0 aliphatic heterocycles. The fourth-order valence-electron chi connectivity index (χ4n) is 2.85. The molecule has 0 atom stereocenters. The standard InChI is InChI=1S/C16H20N4O2S2/c1-9-7-10(19-20(9)2)8-17-16(23)18-14-13(15(21)22-3)11-5-4-6-12(11)24-14/h7H,4-6,8H2,1-3H3,(H2,17,18,23). The van der Waals surface area contributed by atoms with Gasteiger partial charge in [-0.3, -0.25) is 4.68 Å². The number of thiophene rings is 1. The molecule has 0 saturated heterocycles. The first-order valence-electron chi connectivity index (χ1n) is 7.76. The lowest BCUT2D eigenvalue weighted by Gasteiger charge is -2.10. The number of carbonyl (C=O) groups is 1. The molecule has 2 aromatic heterocycles. The molecule has 3 rings (SSSR count). The summed E-state index contributed by atoms with van der Waals surface area (Å²) in [4.78, 5) is 13.4. The van der Waals surface area contributed by atoms with E-state index in [0.29, 0.717) is 17.2 Å². The number of hydrogen-bond donors (Lipinski definition) is 2. The van der Waals surface area contributed by atoms with Gasteiger partial charge in [0.05, 0.1) is 24.9 Å². The third kappa shape index (κ3) is 3.29. The van der Waals surface area contributed by atoms with Crippen LogP contribution in [0.15, 0.2) is 6.07 Å². The number of aryl methyl sites for hydroxylation is 3. The fourth-order valence-corrected chi connectivity index (χ4v) is 4.37. The van der Waals surface area contributed by atoms with Crippen LogP contribution in [0.5, 0.6) is 0 Å². The molecule has 0 aromatic carbocycles. The number of ether oxygens (including phenoxy) is 1. The zero-order valence-electron chi connectivity index (χ0n) is 13.9. The Morgan fingerprint density at radius 3 is 2.96 bits per heavy atom. The topological polar surface area (TPSA) is 68.2 Å². The Bertz CT molecular complexity index is 775. The van der Waals surface area contributed by atoms with Gasteiger partial charge in [-0.05, 0) is 50.0 Å². The van der Waals surface area contributed by atoms with Gasteiger partial charge in [0.2, 0.25) is 0 Å². The van der Waals surface area contributed by atoms with Crippen molar-refractivity contribution in [2.75, 3.05) is 12.4 Å². The SMILES string of the molecule is COC(=O)c1c(NC(=S)NCc2cc(C)n(C)n2)sc2c1CCC2. The second-order valence-electron chi connectivity index (χ2n) is 5.76. The van der Waals surface area contributed by atoms with E-state index < -0.39 is 0 Å². The molecule has 0 unspecified atom stereocenters. The van der Waals surface area contributed by atoms with Crippen LogP contribution in [0.4, 0.5) is 5.00 Å². The molecular weight excluding hydrogens is 344 g/mol. The Kier molecular flexibility index (Phi) is 4.86. The van der Waals surface area contributed by atoms with E-state index in [1.807, 2.05) is 24.7 Å². The largest absolute Gasteiger partial charge is 0.465 e. The van der Waals surface area contributed by atoms with Crippen LogP contribution < -0.4 is 10.6 Å². The lowest BCUT2D eigenvalue weighted by molar-refractivity contribution is 0.0601. The molecule has 24 heavy (non-hydrogen) atoms. The number of aromatic nitrogens is 2. The predicted molar refractivity (Wildman–Crippen MR) is 98.7 cm³/mol. The molecule has 2 heterocycles. The first kappa shape index (κ1) is 16.9. The van der Waals surface area contributed by atoms with Gasteiger partial charge in [0.1, 0.15) is 5.00 Å². The summed E-state index contributed by atoms with van der Waals surface area (Å²) in [7, 11) is 3.32. The highest BCUT2D eigenvalue weighted by Gasteiger charge is 2.27. The third-order valence-corrected chi connectivity index (χ3v) is 5.59. The molecule has 0 fully saturated rings. The summed E-state index contributed by atoms with van der Waals surface area (Å²) < 4.78 is 6.76. The van der Waals surface area contributed by atoms with Gasteiger partial charge in [0.15, 0.2) is 5.11 Å². The van der Waals surface area contributed by atoms with Crippen molar-refractivity contribution in [2.24, 2.45) is 7.05 Å². The van der Waals surface area contributed by atoms with Crippen LogP contribution in [0.1, 0.15) is 38.6 Å². The molecule has 1 aliphatic carbocycles. The maximum atomic E-state index is 12.1. The molecule has 0 amide bonds. The Morgan fingerprint density at radius 2 is 2.29 bits per heavy atom. The van der Waals surface area contributed by atoms with E-state index in [1.165, 1.54) is 12.0 Å². The predicted octanol–water partition coefficient (Wildman–Crippen LogP) is 2.55. The first-order chi connectivity index (χ1) is 11.5. The van der Waals surface area contributed by atoms with Crippen molar-refractivity contribution in [3.8, 4) is 0 Å². The molecule has 128 valence electrons. The second-order valence-corrected chi connectivity index (χ2v) is 7.27. The first-order valence-corrected chi connectivity index (χ1v) is 8.99. The Morgan fingerprint density at radius 1 is 1.50 bits per heavy atom. The smallest absolute Gasteiger partial charge is 0.341 e. The number of nitrogens with one attached hydrogen (secondary N) is 2. The van der Waals surface area contributed by atoms with Crippen LogP contribution >= 0.6 is 23.6 Å². The second kappa shape index (κ2) is 6.90. The number of carbonyl (C=O) groups excluding carboxylic acids is 1. The summed E-state index contributed by atoms with van der Waals surface area (Å²) in [6.07, 6.45) is 3.03. The number of nitrogens with zero attached hydrogens (tertiary/aromatic N) is 2. The van der Waals surface area contributed by atoms with Crippen LogP contribution in [0.25, 0.3) is 0 Å². The van der Waals surface area contributed by atoms with E-state index in [-0.39, 0.29) is 5.97 Å². The van der Waals surface area contributed by atoms with Gasteiger partial charge in [-0.1, -0.05) is 0 Å². The fraction of sp³-hybridized carbons (Fsp3) is 0.438. The highest BCUT2D eigenvalue weighted by atomic mass is 32.1. The molecule has 0 bridgehead atoms. The minimum Gasteiger partial charge on any atom is -0.465 e. The van der Waals surface area contributed by atoms with Crippen molar-refractivity contribution in [1.82, 2.24) is 15.1 Å². The molecule has 6 nitrogen and oxygen atoms in total. The van der Waals surface area contributed by atoms with Gasteiger partial charge >= 0.3 is 5.97 Å². The van der Waals surface area contributed by atoms with Crippen molar-refractivity contribution in [3.05, 3.63) is 33.5 Å². The van der Waals surface area contributed by atoms with E-state index in [2.05, 4.69) is 15.7 Å². The number of anilines is 1. The average molecular weight is 364 g/mol.